The number of aromatic hydroxyl groups is 1. The number of hydrogen-bond donors (Lipinski definition) is 1. The second-order valence-electron chi connectivity index (χ2n) is 4.86. The van der Waals surface area contributed by atoms with E-state index >= 15 is 0 Å². The minimum absolute atomic E-state index is 0.428. The molecule has 2 rings (SSSR count). The summed E-state index contributed by atoms with van der Waals surface area (Å²) in [5.74, 6) is 0.428. The quantitative estimate of drug-likeness (QED) is 0.835. The van der Waals surface area contributed by atoms with Crippen LogP contribution < -0.4 is 0 Å². The zero-order valence-electron chi connectivity index (χ0n) is 12.0. The highest BCUT2D eigenvalue weighted by atomic mass is 16.3. The Bertz CT molecular complexity index is 570. The van der Waals surface area contributed by atoms with Crippen molar-refractivity contribution < 1.29 is 5.11 Å². The molecule has 0 aromatic heterocycles. The molecule has 0 heterocycles. The van der Waals surface area contributed by atoms with Crippen molar-refractivity contribution in [3.05, 3.63) is 53.1 Å². The molecule has 1 N–H and O–H groups in total. The van der Waals surface area contributed by atoms with Crippen LogP contribution in [0.5, 0.6) is 5.75 Å². The van der Waals surface area contributed by atoms with Crippen molar-refractivity contribution in [3.63, 3.8) is 0 Å². The van der Waals surface area contributed by atoms with Crippen molar-refractivity contribution in [3.8, 4) is 16.9 Å². The Morgan fingerprint density at radius 3 is 2.00 bits per heavy atom. The van der Waals surface area contributed by atoms with E-state index in [0.29, 0.717) is 5.75 Å². The van der Waals surface area contributed by atoms with Gasteiger partial charge in [0, 0.05) is 0 Å². The maximum atomic E-state index is 10.0. The third kappa shape index (κ3) is 2.65. The van der Waals surface area contributed by atoms with E-state index in [2.05, 4.69) is 51.1 Å². The molecule has 0 aliphatic heterocycles. The minimum atomic E-state index is 0.428. The Balaban J connectivity index is 2.66. The number of benzene rings is 2. The number of rotatable bonds is 4. The number of hydrogen-bond acceptors (Lipinski definition) is 1. The van der Waals surface area contributed by atoms with Gasteiger partial charge < -0.3 is 5.11 Å². The molecule has 100 valence electrons. The molecule has 0 spiro atoms. The lowest BCUT2D eigenvalue weighted by molar-refractivity contribution is 0.468. The highest BCUT2D eigenvalue weighted by Gasteiger charge is 2.11. The Morgan fingerprint density at radius 2 is 1.37 bits per heavy atom. The van der Waals surface area contributed by atoms with Crippen molar-refractivity contribution >= 4 is 0 Å². The van der Waals surface area contributed by atoms with Gasteiger partial charge in [-0.3, -0.25) is 0 Å². The highest BCUT2D eigenvalue weighted by molar-refractivity contribution is 5.72. The molecule has 0 saturated carbocycles. The first-order valence-corrected chi connectivity index (χ1v) is 7.14. The van der Waals surface area contributed by atoms with Crippen LogP contribution in [-0.2, 0) is 19.3 Å². The smallest absolute Gasteiger partial charge is 0.119 e. The molecule has 19 heavy (non-hydrogen) atoms. The number of aryl methyl sites for hydroxylation is 3. The summed E-state index contributed by atoms with van der Waals surface area (Å²) < 4.78 is 0. The van der Waals surface area contributed by atoms with Crippen LogP contribution in [0.15, 0.2) is 36.4 Å². The van der Waals surface area contributed by atoms with Crippen LogP contribution in [0.4, 0.5) is 0 Å². The minimum Gasteiger partial charge on any atom is -0.508 e. The van der Waals surface area contributed by atoms with Gasteiger partial charge in [0.2, 0.25) is 0 Å². The van der Waals surface area contributed by atoms with Crippen LogP contribution >= 0.6 is 0 Å². The largest absolute Gasteiger partial charge is 0.508 e. The summed E-state index contributed by atoms with van der Waals surface area (Å²) in [5, 5.41) is 10.0. The first-order chi connectivity index (χ1) is 9.21. The van der Waals surface area contributed by atoms with Gasteiger partial charge in [-0.05, 0) is 59.2 Å². The molecule has 2 aromatic carbocycles. The normalized spacial score (nSPS) is 10.7. The van der Waals surface area contributed by atoms with E-state index < -0.39 is 0 Å². The highest BCUT2D eigenvalue weighted by Crippen LogP contribution is 2.33. The maximum Gasteiger partial charge on any atom is 0.119 e. The number of phenolic OH excluding ortho intramolecular Hbond substituents is 1. The molecule has 1 nitrogen and oxygen atoms in total. The summed E-state index contributed by atoms with van der Waals surface area (Å²) in [7, 11) is 0. The zero-order chi connectivity index (χ0) is 13.8. The summed E-state index contributed by atoms with van der Waals surface area (Å²) in [6, 6.07) is 12.6. The molecule has 0 atom stereocenters. The lowest BCUT2D eigenvalue weighted by Crippen LogP contribution is -1.95. The standard InChI is InChI=1S/C18H22O/c1-4-13-9-7-8-10-16(13)17-11-15(6-3)18(19)12-14(17)5-2/h7-12,19H,4-6H2,1-3H3. The molecule has 0 aliphatic carbocycles. The molecule has 0 amide bonds. The molecular weight excluding hydrogens is 232 g/mol. The lowest BCUT2D eigenvalue weighted by atomic mass is 9.91. The first-order valence-electron chi connectivity index (χ1n) is 7.14. The van der Waals surface area contributed by atoms with E-state index in [-0.39, 0.29) is 0 Å². The van der Waals surface area contributed by atoms with Gasteiger partial charge in [-0.25, -0.2) is 0 Å². The van der Waals surface area contributed by atoms with Crippen molar-refractivity contribution in [1.29, 1.82) is 0 Å². The van der Waals surface area contributed by atoms with E-state index in [4.69, 9.17) is 0 Å². The van der Waals surface area contributed by atoms with Gasteiger partial charge in [0.15, 0.2) is 0 Å². The fourth-order valence-electron chi connectivity index (χ4n) is 2.59. The Hall–Kier alpha value is -1.76. The molecule has 0 saturated heterocycles. The molecule has 0 fully saturated rings. The third-order valence-corrected chi connectivity index (χ3v) is 3.75. The average molecular weight is 254 g/mol. The molecule has 0 aliphatic rings. The van der Waals surface area contributed by atoms with Crippen LogP contribution in [0, 0.1) is 0 Å². The molecule has 2 aromatic rings. The van der Waals surface area contributed by atoms with Crippen LogP contribution in [-0.4, -0.2) is 5.11 Å². The van der Waals surface area contributed by atoms with Crippen molar-refractivity contribution in [1.82, 2.24) is 0 Å². The van der Waals surface area contributed by atoms with E-state index in [9.17, 15) is 5.11 Å². The van der Waals surface area contributed by atoms with Gasteiger partial charge >= 0.3 is 0 Å². The summed E-state index contributed by atoms with van der Waals surface area (Å²) in [4.78, 5) is 0. The summed E-state index contributed by atoms with van der Waals surface area (Å²) >= 11 is 0. The monoisotopic (exact) mass is 254 g/mol. The molecule has 0 bridgehead atoms. The fourth-order valence-corrected chi connectivity index (χ4v) is 2.59. The van der Waals surface area contributed by atoms with Gasteiger partial charge in [-0.1, -0.05) is 45.0 Å². The van der Waals surface area contributed by atoms with Gasteiger partial charge in [0.25, 0.3) is 0 Å². The summed E-state index contributed by atoms with van der Waals surface area (Å²) in [6.07, 6.45) is 2.82. The Labute approximate surface area is 115 Å². The van der Waals surface area contributed by atoms with Gasteiger partial charge in [-0.2, -0.15) is 0 Å². The van der Waals surface area contributed by atoms with Crippen LogP contribution in [0.3, 0.4) is 0 Å². The molecule has 0 radical (unpaired) electrons. The van der Waals surface area contributed by atoms with Gasteiger partial charge in [0.1, 0.15) is 5.75 Å². The van der Waals surface area contributed by atoms with E-state index in [1.165, 1.54) is 22.3 Å². The molecular formula is C18H22O. The first kappa shape index (κ1) is 13.7. The molecule has 1 heteroatoms. The second-order valence-corrected chi connectivity index (χ2v) is 4.86. The third-order valence-electron chi connectivity index (χ3n) is 3.75. The van der Waals surface area contributed by atoms with E-state index in [0.717, 1.165) is 24.8 Å². The fraction of sp³-hybridized carbons (Fsp3) is 0.333. The predicted octanol–water partition coefficient (Wildman–Crippen LogP) is 4.75. The lowest BCUT2D eigenvalue weighted by Gasteiger charge is -2.15. The Kier molecular flexibility index (Phi) is 4.26. The van der Waals surface area contributed by atoms with Crippen LogP contribution in [0.25, 0.3) is 11.1 Å². The average Bonchev–Trinajstić information content (AvgIpc) is 2.46. The second kappa shape index (κ2) is 5.92. The topological polar surface area (TPSA) is 20.2 Å². The van der Waals surface area contributed by atoms with E-state index in [1.54, 1.807) is 0 Å². The zero-order valence-corrected chi connectivity index (χ0v) is 12.0. The van der Waals surface area contributed by atoms with Crippen LogP contribution in [0.2, 0.25) is 0 Å². The summed E-state index contributed by atoms with van der Waals surface area (Å²) in [5.41, 5.74) is 6.18. The molecule has 0 unspecified atom stereocenters. The van der Waals surface area contributed by atoms with Crippen molar-refractivity contribution in [2.75, 3.05) is 0 Å². The Morgan fingerprint density at radius 1 is 0.737 bits per heavy atom. The van der Waals surface area contributed by atoms with E-state index in [1.807, 2.05) is 6.07 Å². The maximum absolute atomic E-state index is 10.0. The summed E-state index contributed by atoms with van der Waals surface area (Å²) in [6.45, 7) is 6.40. The van der Waals surface area contributed by atoms with Crippen molar-refractivity contribution in [2.24, 2.45) is 0 Å². The SMILES string of the molecule is CCc1cc(-c2ccccc2CC)c(CC)cc1O. The van der Waals surface area contributed by atoms with Gasteiger partial charge in [0.05, 0.1) is 0 Å². The van der Waals surface area contributed by atoms with Crippen molar-refractivity contribution in [2.45, 2.75) is 40.0 Å². The van der Waals surface area contributed by atoms with Gasteiger partial charge in [-0.15, -0.1) is 0 Å². The predicted molar refractivity (Wildman–Crippen MR) is 81.7 cm³/mol. The number of phenols is 1. The van der Waals surface area contributed by atoms with Crippen LogP contribution in [0.1, 0.15) is 37.5 Å².